The Morgan fingerprint density at radius 3 is 2.65 bits per heavy atom. The van der Waals surface area contributed by atoms with E-state index in [1.54, 1.807) is 6.92 Å². The van der Waals surface area contributed by atoms with Gasteiger partial charge in [0.25, 0.3) is 0 Å². The first-order valence-corrected chi connectivity index (χ1v) is 12.0. The summed E-state index contributed by atoms with van der Waals surface area (Å²) in [4.78, 5) is 16.5. The topological polar surface area (TPSA) is 60.9 Å². The molecule has 0 amide bonds. The van der Waals surface area contributed by atoms with Crippen LogP contribution in [-0.4, -0.2) is 26.2 Å². The summed E-state index contributed by atoms with van der Waals surface area (Å²) in [6.45, 7) is 5.72. The van der Waals surface area contributed by atoms with Gasteiger partial charge in [0, 0.05) is 35.5 Å². The van der Waals surface area contributed by atoms with E-state index in [9.17, 15) is 4.79 Å². The van der Waals surface area contributed by atoms with Crippen molar-refractivity contribution in [1.82, 2.24) is 14.7 Å². The lowest BCUT2D eigenvalue weighted by Crippen LogP contribution is -2.31. The van der Waals surface area contributed by atoms with Crippen LogP contribution in [0.1, 0.15) is 56.0 Å². The van der Waals surface area contributed by atoms with Gasteiger partial charge < -0.3 is 9.09 Å². The number of halogens is 1. The number of benzene rings is 1. The number of fused-ring (bicyclic) bond motifs is 1. The van der Waals surface area contributed by atoms with Gasteiger partial charge in [-0.05, 0) is 50.8 Å². The summed E-state index contributed by atoms with van der Waals surface area (Å²) in [5, 5.41) is 4.09. The van der Waals surface area contributed by atoms with Crippen molar-refractivity contribution in [1.29, 1.82) is 0 Å². The van der Waals surface area contributed by atoms with Crippen LogP contribution in [0.2, 0.25) is 0 Å². The minimum Gasteiger partial charge on any atom is -0.361 e. The molecule has 3 aromatic heterocycles. The Kier molecular flexibility index (Phi) is 5.84. The highest BCUT2D eigenvalue weighted by molar-refractivity contribution is 5.95. The van der Waals surface area contributed by atoms with Crippen molar-refractivity contribution in [2.45, 2.75) is 71.5 Å². The smallest absolute Gasteiger partial charge is 0.141 e. The van der Waals surface area contributed by atoms with E-state index in [-0.39, 0.29) is 5.78 Å². The molecule has 0 aliphatic heterocycles. The summed E-state index contributed by atoms with van der Waals surface area (Å²) in [7, 11) is 0. The largest absolute Gasteiger partial charge is 0.361 e. The summed E-state index contributed by atoms with van der Waals surface area (Å²) in [5.41, 5.74) is 6.06. The number of alkyl halides is 1. The molecule has 1 aromatic carbocycles. The maximum absolute atomic E-state index is 15.8. The lowest BCUT2D eigenvalue weighted by atomic mass is 9.86. The second-order valence-corrected chi connectivity index (χ2v) is 9.75. The van der Waals surface area contributed by atoms with Crippen LogP contribution in [0.4, 0.5) is 4.39 Å². The van der Waals surface area contributed by atoms with Gasteiger partial charge in [-0.1, -0.05) is 48.7 Å². The summed E-state index contributed by atoms with van der Waals surface area (Å²) >= 11 is 0. The fraction of sp³-hybridized carbons (Fsp3) is 0.393. The number of nitrogens with zero attached hydrogens (tertiary/aromatic N) is 3. The first-order chi connectivity index (χ1) is 16.3. The minimum atomic E-state index is -1.21. The predicted octanol–water partition coefficient (Wildman–Crippen LogP) is 6.78. The molecular weight excluding hydrogens is 429 g/mol. The Bertz CT molecular complexity index is 1340. The number of hydrogen-bond donors (Lipinski definition) is 0. The van der Waals surface area contributed by atoms with E-state index in [0.717, 1.165) is 69.6 Å². The Hall–Kier alpha value is -3.28. The third kappa shape index (κ3) is 4.29. The third-order valence-electron chi connectivity index (χ3n) is 6.93. The molecule has 3 heterocycles. The lowest BCUT2D eigenvalue weighted by molar-refractivity contribution is -0.116. The molecule has 0 bridgehead atoms. The molecule has 1 saturated carbocycles. The second kappa shape index (κ2) is 8.82. The third-order valence-corrected chi connectivity index (χ3v) is 6.93. The fourth-order valence-corrected chi connectivity index (χ4v) is 5.33. The number of aromatic nitrogens is 3. The van der Waals surface area contributed by atoms with Gasteiger partial charge in [-0.3, -0.25) is 9.78 Å². The zero-order valence-corrected chi connectivity index (χ0v) is 20.0. The maximum atomic E-state index is 15.8. The highest BCUT2D eigenvalue weighted by atomic mass is 19.1. The zero-order chi connectivity index (χ0) is 23.9. The van der Waals surface area contributed by atoms with E-state index in [1.807, 2.05) is 55.1 Å². The van der Waals surface area contributed by atoms with Gasteiger partial charge in [-0.15, -0.1) is 0 Å². The van der Waals surface area contributed by atoms with Crippen LogP contribution in [-0.2, 0) is 17.8 Å². The van der Waals surface area contributed by atoms with Crippen LogP contribution in [0.5, 0.6) is 0 Å². The van der Waals surface area contributed by atoms with Crippen LogP contribution in [0.3, 0.4) is 0 Å². The summed E-state index contributed by atoms with van der Waals surface area (Å²) in [6.07, 6.45) is 8.40. The average molecular weight is 460 g/mol. The lowest BCUT2D eigenvalue weighted by Gasteiger charge is -2.30. The first-order valence-electron chi connectivity index (χ1n) is 12.0. The molecule has 4 aromatic rings. The molecule has 0 spiro atoms. The number of aryl methyl sites for hydroxylation is 2. The molecule has 0 saturated heterocycles. The van der Waals surface area contributed by atoms with E-state index in [1.165, 1.54) is 0 Å². The van der Waals surface area contributed by atoms with Crippen molar-refractivity contribution in [2.24, 2.45) is 0 Å². The van der Waals surface area contributed by atoms with Crippen molar-refractivity contribution in [2.75, 3.05) is 0 Å². The van der Waals surface area contributed by atoms with Gasteiger partial charge in [0.05, 0.1) is 23.3 Å². The number of rotatable bonds is 6. The molecule has 1 aliphatic rings. The van der Waals surface area contributed by atoms with Crippen LogP contribution < -0.4 is 0 Å². The van der Waals surface area contributed by atoms with Crippen molar-refractivity contribution < 1.29 is 13.7 Å². The summed E-state index contributed by atoms with van der Waals surface area (Å²) < 4.78 is 23.2. The van der Waals surface area contributed by atoms with Gasteiger partial charge in [0.1, 0.15) is 17.2 Å². The summed E-state index contributed by atoms with van der Waals surface area (Å²) in [6, 6.07) is 10.1. The molecule has 5 nitrogen and oxygen atoms in total. The van der Waals surface area contributed by atoms with Gasteiger partial charge in [-0.2, -0.15) is 0 Å². The van der Waals surface area contributed by atoms with Crippen molar-refractivity contribution >= 4 is 16.8 Å². The van der Waals surface area contributed by atoms with Gasteiger partial charge >= 0.3 is 0 Å². The Labute approximate surface area is 199 Å². The molecule has 1 aliphatic carbocycles. The second-order valence-electron chi connectivity index (χ2n) is 9.75. The SMILES string of the molecule is CC(=O)Cc1cccc(-c2cn(CC3(F)CCCCC3)c3cc(-c4c(C)noc4C)cnc23)c1. The first kappa shape index (κ1) is 22.5. The van der Waals surface area contributed by atoms with Crippen LogP contribution in [0.25, 0.3) is 33.3 Å². The number of pyridine rings is 1. The van der Waals surface area contributed by atoms with Crippen molar-refractivity contribution in [3.8, 4) is 22.3 Å². The Balaban J connectivity index is 1.65. The minimum absolute atomic E-state index is 0.124. The van der Waals surface area contributed by atoms with Crippen LogP contribution in [0.15, 0.2) is 47.2 Å². The normalized spacial score (nSPS) is 15.6. The van der Waals surface area contributed by atoms with E-state index < -0.39 is 5.67 Å². The Morgan fingerprint density at radius 2 is 1.94 bits per heavy atom. The van der Waals surface area contributed by atoms with Crippen LogP contribution >= 0.6 is 0 Å². The molecule has 1 fully saturated rings. The molecule has 0 unspecified atom stereocenters. The maximum Gasteiger partial charge on any atom is 0.141 e. The Morgan fingerprint density at radius 1 is 1.15 bits per heavy atom. The highest BCUT2D eigenvalue weighted by Gasteiger charge is 2.33. The predicted molar refractivity (Wildman–Crippen MR) is 131 cm³/mol. The number of ketones is 1. The number of carbonyl (C=O) groups excluding carboxylic acids is 1. The molecule has 176 valence electrons. The van der Waals surface area contributed by atoms with Crippen molar-refractivity contribution in [3.05, 3.63) is 59.7 Å². The fourth-order valence-electron chi connectivity index (χ4n) is 5.33. The van der Waals surface area contributed by atoms with Crippen molar-refractivity contribution in [3.63, 3.8) is 0 Å². The van der Waals surface area contributed by atoms with Gasteiger partial charge in [0.2, 0.25) is 0 Å². The van der Waals surface area contributed by atoms with E-state index >= 15 is 4.39 Å². The molecule has 34 heavy (non-hydrogen) atoms. The van der Waals surface area contributed by atoms with Gasteiger partial charge in [0.15, 0.2) is 0 Å². The van der Waals surface area contributed by atoms with E-state index in [0.29, 0.717) is 25.8 Å². The number of carbonyl (C=O) groups is 1. The monoisotopic (exact) mass is 459 g/mol. The average Bonchev–Trinajstić information content (AvgIpc) is 3.32. The molecule has 6 heteroatoms. The quantitative estimate of drug-likeness (QED) is 0.319. The van der Waals surface area contributed by atoms with E-state index in [4.69, 9.17) is 9.51 Å². The standard InChI is InChI=1S/C28H30FN3O2/c1-18(33)12-21-8-7-9-22(13-21)24-16-32(17-28(29)10-5-4-6-11-28)25-14-23(15-30-27(24)25)26-19(2)31-34-20(26)3/h7-9,13-16H,4-6,10-12,17H2,1-3H3. The molecule has 5 rings (SSSR count). The molecule has 0 radical (unpaired) electrons. The van der Waals surface area contributed by atoms with Gasteiger partial charge in [-0.25, -0.2) is 4.39 Å². The number of hydrogen-bond acceptors (Lipinski definition) is 4. The van der Waals surface area contributed by atoms with Crippen LogP contribution in [0, 0.1) is 13.8 Å². The molecule has 0 atom stereocenters. The molecule has 0 N–H and O–H groups in total. The molecular formula is C28H30FN3O2. The summed E-state index contributed by atoms with van der Waals surface area (Å²) in [5.74, 6) is 0.863. The zero-order valence-electron chi connectivity index (χ0n) is 20.0. The van der Waals surface area contributed by atoms with E-state index in [2.05, 4.69) is 11.2 Å². The number of Topliss-reactive ketones (excluding diaryl/α,β-unsaturated/α-hetero) is 1. The highest BCUT2D eigenvalue weighted by Crippen LogP contribution is 2.38.